The van der Waals surface area contributed by atoms with Gasteiger partial charge in [0, 0.05) is 43.0 Å². The number of nitrogens with two attached hydrogens (primary N) is 1. The second-order valence-corrected chi connectivity index (χ2v) is 10.7. The Balaban J connectivity index is 1.37. The number of carbonyl (C=O) groups excluding carboxylic acids is 1. The van der Waals surface area contributed by atoms with Crippen LogP contribution in [-0.2, 0) is 21.1 Å². The Morgan fingerprint density at radius 2 is 1.67 bits per heavy atom. The molecule has 1 amide bonds. The fraction of sp³-hybridized carbons (Fsp3) is 0.500. The molecule has 4 rings (SSSR count). The Hall–Kier alpha value is -2.53. The summed E-state index contributed by atoms with van der Waals surface area (Å²) in [5, 5.41) is -0.296. The standard InChI is InChI=1S/C22H25F3N4O3S/c23-17-12-19(25)18(24)10-13(17)11-20(26)14-8-15-2-3-16(9-14)29(15)21(30)4-7-33(31,32)22-27-5-1-6-28-22/h1,5-6,10,12,14-16,20H,2-4,7-9,11,26H2/t14?,15-,16+,20?. The molecule has 1 aromatic carbocycles. The summed E-state index contributed by atoms with van der Waals surface area (Å²) in [6, 6.07) is 2.26. The zero-order chi connectivity index (χ0) is 23.8. The molecule has 2 saturated heterocycles. The van der Waals surface area contributed by atoms with Crippen molar-refractivity contribution in [1.29, 1.82) is 0 Å². The van der Waals surface area contributed by atoms with Gasteiger partial charge < -0.3 is 10.6 Å². The van der Waals surface area contributed by atoms with Gasteiger partial charge in [0.1, 0.15) is 5.82 Å². The highest BCUT2D eigenvalue weighted by atomic mass is 32.2. The number of sulfone groups is 1. The van der Waals surface area contributed by atoms with E-state index in [1.165, 1.54) is 18.5 Å². The fourth-order valence-corrected chi connectivity index (χ4v) is 6.07. The number of carbonyl (C=O) groups is 1. The lowest BCUT2D eigenvalue weighted by Gasteiger charge is -2.41. The monoisotopic (exact) mass is 482 g/mol. The van der Waals surface area contributed by atoms with E-state index in [1.54, 1.807) is 4.90 Å². The van der Waals surface area contributed by atoms with E-state index < -0.39 is 33.3 Å². The lowest BCUT2D eigenvalue weighted by Crippen LogP contribution is -2.50. The first-order chi connectivity index (χ1) is 15.7. The van der Waals surface area contributed by atoms with Crippen LogP contribution in [0.15, 0.2) is 35.7 Å². The molecule has 2 aliphatic heterocycles. The van der Waals surface area contributed by atoms with E-state index in [1.807, 2.05) is 0 Å². The van der Waals surface area contributed by atoms with Gasteiger partial charge in [-0.3, -0.25) is 4.79 Å². The van der Waals surface area contributed by atoms with Crippen LogP contribution in [0.25, 0.3) is 0 Å². The quantitative estimate of drug-likeness (QED) is 0.480. The first kappa shape index (κ1) is 23.6. The Morgan fingerprint density at radius 3 is 2.30 bits per heavy atom. The van der Waals surface area contributed by atoms with Crippen LogP contribution >= 0.6 is 0 Å². The molecule has 178 valence electrons. The van der Waals surface area contributed by atoms with E-state index >= 15 is 0 Å². The van der Waals surface area contributed by atoms with Gasteiger partial charge in [-0.1, -0.05) is 0 Å². The smallest absolute Gasteiger partial charge is 0.247 e. The Morgan fingerprint density at radius 1 is 1.06 bits per heavy atom. The number of halogens is 3. The summed E-state index contributed by atoms with van der Waals surface area (Å²) < 4.78 is 65.5. The molecule has 0 spiro atoms. The number of benzene rings is 1. The molecule has 2 N–H and O–H groups in total. The lowest BCUT2D eigenvalue weighted by atomic mass is 9.82. The van der Waals surface area contributed by atoms with E-state index in [0.717, 1.165) is 18.9 Å². The van der Waals surface area contributed by atoms with Crippen LogP contribution < -0.4 is 5.73 Å². The second-order valence-electron chi connectivity index (χ2n) is 8.74. The predicted molar refractivity (Wildman–Crippen MR) is 113 cm³/mol. The molecular formula is C22H25F3N4O3S. The molecule has 4 atom stereocenters. The average Bonchev–Trinajstić information content (AvgIpc) is 3.05. The average molecular weight is 483 g/mol. The van der Waals surface area contributed by atoms with E-state index in [4.69, 9.17) is 5.73 Å². The minimum Gasteiger partial charge on any atom is -0.337 e. The van der Waals surface area contributed by atoms with Crippen molar-refractivity contribution in [3.8, 4) is 0 Å². The highest BCUT2D eigenvalue weighted by Crippen LogP contribution is 2.40. The summed E-state index contributed by atoms with van der Waals surface area (Å²) in [5.41, 5.74) is 6.34. The fourth-order valence-electron chi connectivity index (χ4n) is 5.00. The molecule has 11 heteroatoms. The van der Waals surface area contributed by atoms with Crippen molar-refractivity contribution in [2.45, 2.75) is 61.8 Å². The molecule has 0 radical (unpaired) electrons. The van der Waals surface area contributed by atoms with Crippen LogP contribution in [0.2, 0.25) is 0 Å². The molecule has 2 fully saturated rings. The molecule has 33 heavy (non-hydrogen) atoms. The zero-order valence-corrected chi connectivity index (χ0v) is 18.6. The third-order valence-corrected chi connectivity index (χ3v) is 8.12. The first-order valence-electron chi connectivity index (χ1n) is 10.9. The minimum absolute atomic E-state index is 0.0134. The normalized spacial score (nSPS) is 23.5. The van der Waals surface area contributed by atoms with Gasteiger partial charge in [-0.25, -0.2) is 31.6 Å². The topological polar surface area (TPSA) is 106 Å². The Labute approximate surface area is 190 Å². The highest BCUT2D eigenvalue weighted by molar-refractivity contribution is 7.91. The van der Waals surface area contributed by atoms with Gasteiger partial charge in [-0.05, 0) is 55.7 Å². The third kappa shape index (κ3) is 5.03. The zero-order valence-electron chi connectivity index (χ0n) is 17.8. The molecule has 0 aliphatic carbocycles. The maximum atomic E-state index is 14.0. The van der Waals surface area contributed by atoms with Crippen molar-refractivity contribution in [3.63, 3.8) is 0 Å². The maximum absolute atomic E-state index is 14.0. The summed E-state index contributed by atoms with van der Waals surface area (Å²) in [5.74, 6) is -3.81. The van der Waals surface area contributed by atoms with Crippen molar-refractivity contribution in [2.75, 3.05) is 5.75 Å². The van der Waals surface area contributed by atoms with Crippen molar-refractivity contribution < 1.29 is 26.4 Å². The summed E-state index contributed by atoms with van der Waals surface area (Å²) in [7, 11) is -3.76. The number of aromatic nitrogens is 2. The summed E-state index contributed by atoms with van der Waals surface area (Å²) in [6.45, 7) is 0. The summed E-state index contributed by atoms with van der Waals surface area (Å²) in [4.78, 5) is 22.2. The molecule has 3 heterocycles. The molecule has 2 aliphatic rings. The van der Waals surface area contributed by atoms with Crippen LogP contribution in [0, 0.1) is 23.4 Å². The van der Waals surface area contributed by atoms with Crippen molar-refractivity contribution in [3.05, 3.63) is 53.6 Å². The number of fused-ring (bicyclic) bond motifs is 2. The van der Waals surface area contributed by atoms with E-state index in [0.29, 0.717) is 18.9 Å². The van der Waals surface area contributed by atoms with Crippen molar-refractivity contribution >= 4 is 15.7 Å². The largest absolute Gasteiger partial charge is 0.337 e. The third-order valence-electron chi connectivity index (χ3n) is 6.61. The van der Waals surface area contributed by atoms with E-state index in [2.05, 4.69) is 9.97 Å². The summed E-state index contributed by atoms with van der Waals surface area (Å²) >= 11 is 0. The van der Waals surface area contributed by atoms with Gasteiger partial charge >= 0.3 is 0 Å². The molecule has 1 aromatic heterocycles. The number of amides is 1. The van der Waals surface area contributed by atoms with E-state index in [-0.39, 0.29) is 53.2 Å². The molecular weight excluding hydrogens is 457 g/mol. The predicted octanol–water partition coefficient (Wildman–Crippen LogP) is 2.40. The lowest BCUT2D eigenvalue weighted by molar-refractivity contribution is -0.136. The maximum Gasteiger partial charge on any atom is 0.247 e. The number of nitrogens with zero attached hydrogens (tertiary/aromatic N) is 3. The molecule has 7 nitrogen and oxygen atoms in total. The van der Waals surface area contributed by atoms with Crippen molar-refractivity contribution in [2.24, 2.45) is 11.7 Å². The van der Waals surface area contributed by atoms with Crippen LogP contribution in [0.4, 0.5) is 13.2 Å². The molecule has 2 bridgehead atoms. The SMILES string of the molecule is NC(Cc1cc(F)c(F)cc1F)C1C[C@H]2CC[C@@H](C1)N2C(=O)CCS(=O)(=O)c1ncccn1. The number of piperidine rings is 1. The first-order valence-corrected chi connectivity index (χ1v) is 12.5. The Bertz CT molecular complexity index is 1120. The minimum atomic E-state index is -3.76. The number of hydrogen-bond donors (Lipinski definition) is 1. The second kappa shape index (κ2) is 9.38. The number of hydrogen-bond acceptors (Lipinski definition) is 6. The van der Waals surface area contributed by atoms with Gasteiger partial charge in [0.2, 0.25) is 20.9 Å². The number of rotatable bonds is 7. The molecule has 2 unspecified atom stereocenters. The molecule has 0 saturated carbocycles. The van der Waals surface area contributed by atoms with Crippen LogP contribution in [0.5, 0.6) is 0 Å². The Kier molecular flexibility index (Phi) is 6.71. The van der Waals surface area contributed by atoms with Gasteiger partial charge in [-0.2, -0.15) is 0 Å². The summed E-state index contributed by atoms with van der Waals surface area (Å²) in [6.07, 6.45) is 5.35. The van der Waals surface area contributed by atoms with Gasteiger partial charge in [0.05, 0.1) is 5.75 Å². The van der Waals surface area contributed by atoms with Gasteiger partial charge in [-0.15, -0.1) is 0 Å². The van der Waals surface area contributed by atoms with Crippen LogP contribution in [0.3, 0.4) is 0 Å². The highest BCUT2D eigenvalue weighted by Gasteiger charge is 2.44. The van der Waals surface area contributed by atoms with Crippen LogP contribution in [0.1, 0.15) is 37.7 Å². The molecule has 2 aromatic rings. The van der Waals surface area contributed by atoms with E-state index in [9.17, 15) is 26.4 Å². The van der Waals surface area contributed by atoms with Gasteiger partial charge in [0.25, 0.3) is 0 Å². The van der Waals surface area contributed by atoms with Gasteiger partial charge in [0.15, 0.2) is 11.6 Å². The van der Waals surface area contributed by atoms with Crippen LogP contribution in [-0.4, -0.2) is 53.1 Å². The van der Waals surface area contributed by atoms with Crippen molar-refractivity contribution in [1.82, 2.24) is 14.9 Å².